The summed E-state index contributed by atoms with van der Waals surface area (Å²) in [7, 11) is 0. The summed E-state index contributed by atoms with van der Waals surface area (Å²) < 4.78 is 11.4. The van der Waals surface area contributed by atoms with Crippen LogP contribution in [0.1, 0.15) is 13.8 Å². The van der Waals surface area contributed by atoms with E-state index in [0.717, 1.165) is 32.0 Å². The van der Waals surface area contributed by atoms with Crippen LogP contribution in [-0.2, 0) is 4.74 Å². The molecule has 17 heavy (non-hydrogen) atoms. The molecule has 3 heteroatoms. The van der Waals surface area contributed by atoms with Gasteiger partial charge in [-0.25, -0.2) is 0 Å². The maximum Gasteiger partial charge on any atom is 0.119 e. The average molecular weight is 235 g/mol. The van der Waals surface area contributed by atoms with Gasteiger partial charge in [-0.3, -0.25) is 4.90 Å². The zero-order chi connectivity index (χ0) is 12.1. The molecule has 1 aliphatic rings. The largest absolute Gasteiger partial charge is 0.492 e. The zero-order valence-electron chi connectivity index (χ0n) is 10.6. The van der Waals surface area contributed by atoms with Crippen molar-refractivity contribution in [3.8, 4) is 5.75 Å². The van der Waals surface area contributed by atoms with Crippen LogP contribution in [0.25, 0.3) is 0 Å². The first kappa shape index (κ1) is 12.4. The summed E-state index contributed by atoms with van der Waals surface area (Å²) in [5, 5.41) is 0. The molecule has 2 rings (SSSR count). The summed E-state index contributed by atoms with van der Waals surface area (Å²) in [5.74, 6) is 0.946. The highest BCUT2D eigenvalue weighted by atomic mass is 16.5. The Morgan fingerprint density at radius 1 is 1.18 bits per heavy atom. The van der Waals surface area contributed by atoms with Crippen molar-refractivity contribution in [2.75, 3.05) is 26.2 Å². The highest BCUT2D eigenvalue weighted by molar-refractivity contribution is 5.20. The molecule has 0 amide bonds. The van der Waals surface area contributed by atoms with Crippen LogP contribution in [0.4, 0.5) is 0 Å². The molecule has 1 fully saturated rings. The smallest absolute Gasteiger partial charge is 0.119 e. The number of hydrogen-bond donors (Lipinski definition) is 0. The van der Waals surface area contributed by atoms with Gasteiger partial charge in [0.25, 0.3) is 0 Å². The second kappa shape index (κ2) is 6.03. The van der Waals surface area contributed by atoms with Crippen LogP contribution >= 0.6 is 0 Å². The molecule has 1 aromatic rings. The first-order chi connectivity index (χ1) is 8.24. The molecular formula is C14H21NO2. The summed E-state index contributed by atoms with van der Waals surface area (Å²) in [5.41, 5.74) is 0. The van der Waals surface area contributed by atoms with E-state index in [0.29, 0.717) is 12.2 Å². The van der Waals surface area contributed by atoms with Gasteiger partial charge in [0.1, 0.15) is 12.4 Å². The third kappa shape index (κ3) is 4.02. The van der Waals surface area contributed by atoms with E-state index in [1.165, 1.54) is 0 Å². The Morgan fingerprint density at radius 3 is 2.47 bits per heavy atom. The van der Waals surface area contributed by atoms with Crippen LogP contribution in [0.3, 0.4) is 0 Å². The number of morpholine rings is 1. The topological polar surface area (TPSA) is 21.7 Å². The van der Waals surface area contributed by atoms with Gasteiger partial charge >= 0.3 is 0 Å². The molecule has 0 unspecified atom stereocenters. The minimum Gasteiger partial charge on any atom is -0.492 e. The van der Waals surface area contributed by atoms with Gasteiger partial charge in [0.2, 0.25) is 0 Å². The molecule has 3 nitrogen and oxygen atoms in total. The highest BCUT2D eigenvalue weighted by Crippen LogP contribution is 2.11. The van der Waals surface area contributed by atoms with Gasteiger partial charge in [0.05, 0.1) is 12.2 Å². The molecule has 0 aliphatic carbocycles. The molecule has 2 atom stereocenters. The van der Waals surface area contributed by atoms with E-state index in [2.05, 4.69) is 18.7 Å². The van der Waals surface area contributed by atoms with Crippen LogP contribution < -0.4 is 4.74 Å². The first-order valence-corrected chi connectivity index (χ1v) is 6.29. The normalized spacial score (nSPS) is 25.8. The van der Waals surface area contributed by atoms with E-state index in [-0.39, 0.29) is 0 Å². The lowest BCUT2D eigenvalue weighted by atomic mass is 10.2. The molecule has 0 N–H and O–H groups in total. The number of para-hydroxylation sites is 1. The minimum absolute atomic E-state index is 0.329. The minimum atomic E-state index is 0.329. The lowest BCUT2D eigenvalue weighted by Gasteiger charge is -2.35. The predicted molar refractivity (Wildman–Crippen MR) is 68.4 cm³/mol. The van der Waals surface area contributed by atoms with Gasteiger partial charge < -0.3 is 9.47 Å². The Morgan fingerprint density at radius 2 is 1.82 bits per heavy atom. The van der Waals surface area contributed by atoms with Crippen LogP contribution in [0.5, 0.6) is 5.75 Å². The van der Waals surface area contributed by atoms with E-state index in [9.17, 15) is 0 Å². The van der Waals surface area contributed by atoms with Crippen LogP contribution in [-0.4, -0.2) is 43.3 Å². The van der Waals surface area contributed by atoms with Crippen molar-refractivity contribution in [3.63, 3.8) is 0 Å². The van der Waals surface area contributed by atoms with Crippen LogP contribution in [0, 0.1) is 0 Å². The number of hydrogen-bond acceptors (Lipinski definition) is 3. The van der Waals surface area contributed by atoms with Crippen molar-refractivity contribution >= 4 is 0 Å². The van der Waals surface area contributed by atoms with Crippen molar-refractivity contribution in [2.24, 2.45) is 0 Å². The van der Waals surface area contributed by atoms with E-state index in [4.69, 9.17) is 9.47 Å². The van der Waals surface area contributed by atoms with Crippen molar-refractivity contribution < 1.29 is 9.47 Å². The van der Waals surface area contributed by atoms with Gasteiger partial charge in [-0.2, -0.15) is 0 Å². The zero-order valence-corrected chi connectivity index (χ0v) is 10.6. The molecule has 0 saturated carbocycles. The molecule has 0 radical (unpaired) electrons. The second-order valence-corrected chi connectivity index (χ2v) is 4.68. The van der Waals surface area contributed by atoms with E-state index < -0.39 is 0 Å². The number of benzene rings is 1. The fourth-order valence-electron chi connectivity index (χ4n) is 2.28. The lowest BCUT2D eigenvalue weighted by Crippen LogP contribution is -2.46. The summed E-state index contributed by atoms with van der Waals surface area (Å²) in [6.07, 6.45) is 0.658. The number of rotatable bonds is 4. The molecule has 1 aliphatic heterocycles. The van der Waals surface area contributed by atoms with Crippen molar-refractivity contribution in [1.82, 2.24) is 4.90 Å². The Hall–Kier alpha value is -1.06. The van der Waals surface area contributed by atoms with E-state index in [1.54, 1.807) is 0 Å². The van der Waals surface area contributed by atoms with Gasteiger partial charge in [-0.1, -0.05) is 18.2 Å². The third-order valence-electron chi connectivity index (χ3n) is 2.91. The Bertz CT molecular complexity index is 318. The van der Waals surface area contributed by atoms with Crippen molar-refractivity contribution in [3.05, 3.63) is 30.3 Å². The third-order valence-corrected chi connectivity index (χ3v) is 2.91. The number of ether oxygens (including phenoxy) is 2. The SMILES string of the molecule is C[C@@H]1CN(CCOc2ccccc2)C[C@H](C)O1. The molecule has 94 valence electrons. The maximum atomic E-state index is 5.70. The van der Waals surface area contributed by atoms with Gasteiger partial charge in [0, 0.05) is 19.6 Å². The lowest BCUT2D eigenvalue weighted by molar-refractivity contribution is -0.0699. The molecule has 1 aromatic carbocycles. The fourth-order valence-corrected chi connectivity index (χ4v) is 2.28. The Kier molecular flexibility index (Phi) is 4.40. The molecular weight excluding hydrogens is 214 g/mol. The standard InChI is InChI=1S/C14H21NO2/c1-12-10-15(11-13(2)17-12)8-9-16-14-6-4-3-5-7-14/h3-7,12-13H,8-11H2,1-2H3/t12-,13+. The Balaban J connectivity index is 1.71. The molecule has 0 spiro atoms. The monoisotopic (exact) mass is 235 g/mol. The van der Waals surface area contributed by atoms with Crippen LogP contribution in [0.2, 0.25) is 0 Å². The van der Waals surface area contributed by atoms with Crippen molar-refractivity contribution in [1.29, 1.82) is 0 Å². The van der Waals surface area contributed by atoms with Crippen molar-refractivity contribution in [2.45, 2.75) is 26.1 Å². The summed E-state index contributed by atoms with van der Waals surface area (Å²) in [6.45, 7) is 7.96. The molecule has 0 aromatic heterocycles. The first-order valence-electron chi connectivity index (χ1n) is 6.29. The quantitative estimate of drug-likeness (QED) is 0.798. The molecule has 1 heterocycles. The highest BCUT2D eigenvalue weighted by Gasteiger charge is 2.21. The average Bonchev–Trinajstić information content (AvgIpc) is 2.29. The van der Waals surface area contributed by atoms with E-state index in [1.807, 2.05) is 30.3 Å². The molecule has 1 saturated heterocycles. The molecule has 0 bridgehead atoms. The fraction of sp³-hybridized carbons (Fsp3) is 0.571. The van der Waals surface area contributed by atoms with Crippen LogP contribution in [0.15, 0.2) is 30.3 Å². The van der Waals surface area contributed by atoms with Gasteiger partial charge in [0.15, 0.2) is 0 Å². The van der Waals surface area contributed by atoms with Gasteiger partial charge in [-0.15, -0.1) is 0 Å². The maximum absolute atomic E-state index is 5.70. The second-order valence-electron chi connectivity index (χ2n) is 4.68. The Labute approximate surface area is 103 Å². The van der Waals surface area contributed by atoms with Gasteiger partial charge in [-0.05, 0) is 26.0 Å². The predicted octanol–water partition coefficient (Wildman–Crippen LogP) is 2.17. The summed E-state index contributed by atoms with van der Waals surface area (Å²) in [4.78, 5) is 2.40. The summed E-state index contributed by atoms with van der Waals surface area (Å²) >= 11 is 0. The summed E-state index contributed by atoms with van der Waals surface area (Å²) in [6, 6.07) is 9.97. The number of nitrogens with zero attached hydrogens (tertiary/aromatic N) is 1. The van der Waals surface area contributed by atoms with E-state index >= 15 is 0 Å².